The number of aryl methyl sites for hydroxylation is 1. The molecule has 0 atom stereocenters. The lowest BCUT2D eigenvalue weighted by Crippen LogP contribution is -2.13. The number of oxime groups is 1. The van der Waals surface area contributed by atoms with Gasteiger partial charge in [0.1, 0.15) is 6.61 Å². The Bertz CT molecular complexity index is 751. The summed E-state index contributed by atoms with van der Waals surface area (Å²) in [6.45, 7) is 0.230. The van der Waals surface area contributed by atoms with E-state index in [0.29, 0.717) is 15.2 Å². The van der Waals surface area contributed by atoms with Crippen LogP contribution in [-0.2, 0) is 23.3 Å². The molecule has 128 valence electrons. The van der Waals surface area contributed by atoms with Crippen LogP contribution in [0.25, 0.3) is 0 Å². The minimum Gasteiger partial charge on any atom is -0.391 e. The van der Waals surface area contributed by atoms with Gasteiger partial charge in [0, 0.05) is 7.05 Å². The van der Waals surface area contributed by atoms with Crippen LogP contribution in [0, 0.1) is 0 Å². The van der Waals surface area contributed by atoms with Gasteiger partial charge in [0.25, 0.3) is 0 Å². The summed E-state index contributed by atoms with van der Waals surface area (Å²) in [6, 6.07) is 5.16. The van der Waals surface area contributed by atoms with Gasteiger partial charge < -0.3 is 4.84 Å². The molecule has 1 heterocycles. The van der Waals surface area contributed by atoms with Gasteiger partial charge in [-0.05, 0) is 24.0 Å². The molecule has 0 radical (unpaired) electrons. The van der Waals surface area contributed by atoms with Crippen molar-refractivity contribution in [2.75, 3.05) is 11.6 Å². The van der Waals surface area contributed by atoms with Gasteiger partial charge in [-0.3, -0.25) is 10.1 Å². The fraction of sp³-hybridized carbons (Fsp3) is 0.286. The van der Waals surface area contributed by atoms with Gasteiger partial charge in [0.05, 0.1) is 22.7 Å². The number of thioether (sulfide) groups is 1. The summed E-state index contributed by atoms with van der Waals surface area (Å²) in [6.07, 6.45) is 3.30. The fourth-order valence-corrected chi connectivity index (χ4v) is 2.49. The second-order valence-corrected chi connectivity index (χ2v) is 6.20. The number of hydrogen-bond donors (Lipinski definition) is 1. The average molecular weight is 388 g/mol. The van der Waals surface area contributed by atoms with Crippen molar-refractivity contribution in [1.82, 2.24) is 14.8 Å². The van der Waals surface area contributed by atoms with Crippen LogP contribution < -0.4 is 5.32 Å². The van der Waals surface area contributed by atoms with Crippen molar-refractivity contribution in [2.24, 2.45) is 12.2 Å². The first-order valence-corrected chi connectivity index (χ1v) is 8.80. The molecule has 0 fully saturated rings. The molecule has 0 saturated carbocycles. The van der Waals surface area contributed by atoms with E-state index >= 15 is 0 Å². The van der Waals surface area contributed by atoms with Crippen LogP contribution >= 0.6 is 35.0 Å². The highest BCUT2D eigenvalue weighted by molar-refractivity contribution is 7.98. The summed E-state index contributed by atoms with van der Waals surface area (Å²) >= 11 is 13.2. The molecule has 0 unspecified atom stereocenters. The Hall–Kier alpha value is -1.77. The highest BCUT2D eigenvalue weighted by atomic mass is 35.5. The summed E-state index contributed by atoms with van der Waals surface area (Å²) in [5.41, 5.74) is 0.827. The molecule has 0 aliphatic rings. The lowest BCUT2D eigenvalue weighted by atomic mass is 10.2. The van der Waals surface area contributed by atoms with E-state index in [1.54, 1.807) is 29.9 Å². The highest BCUT2D eigenvalue weighted by Crippen LogP contribution is 2.22. The number of anilines is 1. The summed E-state index contributed by atoms with van der Waals surface area (Å²) in [5.74, 6) is -0.0212. The van der Waals surface area contributed by atoms with Gasteiger partial charge in [0.2, 0.25) is 11.9 Å². The molecule has 10 heteroatoms. The summed E-state index contributed by atoms with van der Waals surface area (Å²) in [7, 11) is 1.76. The number of amides is 1. The van der Waals surface area contributed by atoms with E-state index in [9.17, 15) is 4.79 Å². The zero-order chi connectivity index (χ0) is 17.5. The highest BCUT2D eigenvalue weighted by Gasteiger charge is 2.08. The molecule has 1 aromatic heterocycles. The number of halogens is 2. The van der Waals surface area contributed by atoms with Crippen molar-refractivity contribution < 1.29 is 9.63 Å². The largest absolute Gasteiger partial charge is 0.391 e. The van der Waals surface area contributed by atoms with Crippen LogP contribution in [-0.4, -0.2) is 33.1 Å². The second-order valence-electron chi connectivity index (χ2n) is 4.61. The standard InChI is InChI=1S/C14H15Cl2N5O2S/c1-21-14(24-2)19-13(20-21)18-12(22)5-6-17-23-8-9-3-4-10(15)11(16)7-9/h3-4,6-7H,5,8H2,1-2H3,(H,18,20,22)/b17-6+. The van der Waals surface area contributed by atoms with Gasteiger partial charge in [-0.1, -0.05) is 46.2 Å². The van der Waals surface area contributed by atoms with Crippen molar-refractivity contribution in [1.29, 1.82) is 0 Å². The van der Waals surface area contributed by atoms with Gasteiger partial charge >= 0.3 is 0 Å². The molecular weight excluding hydrogens is 373 g/mol. The summed E-state index contributed by atoms with van der Waals surface area (Å²) in [4.78, 5) is 21.0. The minimum absolute atomic E-state index is 0.0498. The Kier molecular flexibility index (Phi) is 6.89. The molecule has 1 amide bonds. The first-order valence-electron chi connectivity index (χ1n) is 6.82. The average Bonchev–Trinajstić information content (AvgIpc) is 2.90. The fourth-order valence-electron chi connectivity index (χ4n) is 1.69. The van der Waals surface area contributed by atoms with Gasteiger partial charge in [-0.15, -0.1) is 5.10 Å². The maximum Gasteiger partial charge on any atom is 0.249 e. The Morgan fingerprint density at radius 2 is 2.25 bits per heavy atom. The Morgan fingerprint density at radius 3 is 2.92 bits per heavy atom. The number of aromatic nitrogens is 3. The molecule has 0 bridgehead atoms. The normalized spacial score (nSPS) is 11.0. The number of nitrogens with zero attached hydrogens (tertiary/aromatic N) is 4. The predicted molar refractivity (Wildman–Crippen MR) is 95.8 cm³/mol. The SMILES string of the molecule is CSc1nc(NC(=O)C/C=N/OCc2ccc(Cl)c(Cl)c2)nn1C. The van der Waals surface area contributed by atoms with E-state index in [4.69, 9.17) is 28.0 Å². The smallest absolute Gasteiger partial charge is 0.249 e. The maximum atomic E-state index is 11.8. The number of rotatable bonds is 7. The van der Waals surface area contributed by atoms with E-state index in [2.05, 4.69) is 20.6 Å². The predicted octanol–water partition coefficient (Wildman–Crippen LogP) is 3.38. The number of nitrogens with one attached hydrogen (secondary N) is 1. The number of carbonyl (C=O) groups excluding carboxylic acids is 1. The van der Waals surface area contributed by atoms with Crippen LogP contribution in [0.2, 0.25) is 10.0 Å². The van der Waals surface area contributed by atoms with Gasteiger partial charge in [0.15, 0.2) is 5.16 Å². The van der Waals surface area contributed by atoms with Crippen LogP contribution in [0.1, 0.15) is 12.0 Å². The molecule has 1 N–H and O–H groups in total. The lowest BCUT2D eigenvalue weighted by Gasteiger charge is -2.01. The van der Waals surface area contributed by atoms with Crippen LogP contribution in [0.4, 0.5) is 5.95 Å². The first-order chi connectivity index (χ1) is 11.5. The Morgan fingerprint density at radius 1 is 1.46 bits per heavy atom. The molecule has 2 rings (SSSR count). The van der Waals surface area contributed by atoms with E-state index in [0.717, 1.165) is 5.56 Å². The van der Waals surface area contributed by atoms with Crippen molar-refractivity contribution >= 4 is 53.0 Å². The second kappa shape index (κ2) is 8.91. The molecule has 0 saturated heterocycles. The zero-order valence-corrected chi connectivity index (χ0v) is 15.3. The van der Waals surface area contributed by atoms with E-state index in [-0.39, 0.29) is 24.9 Å². The molecule has 0 aliphatic carbocycles. The Labute approximate surface area is 153 Å². The topological polar surface area (TPSA) is 81.4 Å². The van der Waals surface area contributed by atoms with Gasteiger partial charge in [-0.25, -0.2) is 4.68 Å². The molecule has 24 heavy (non-hydrogen) atoms. The van der Waals surface area contributed by atoms with Crippen molar-refractivity contribution in [3.63, 3.8) is 0 Å². The quantitative estimate of drug-likeness (QED) is 0.447. The molecule has 0 spiro atoms. The maximum absolute atomic E-state index is 11.8. The third-order valence-electron chi connectivity index (χ3n) is 2.80. The van der Waals surface area contributed by atoms with Crippen molar-refractivity contribution in [2.45, 2.75) is 18.2 Å². The summed E-state index contributed by atoms with van der Waals surface area (Å²) < 4.78 is 1.59. The third kappa shape index (κ3) is 5.40. The third-order valence-corrected chi connectivity index (χ3v) is 4.26. The summed E-state index contributed by atoms with van der Waals surface area (Å²) in [5, 5.41) is 12.0. The zero-order valence-electron chi connectivity index (χ0n) is 13.0. The lowest BCUT2D eigenvalue weighted by molar-refractivity contribution is -0.115. The van der Waals surface area contributed by atoms with E-state index in [1.807, 2.05) is 6.26 Å². The van der Waals surface area contributed by atoms with Crippen LogP contribution in [0.15, 0.2) is 28.5 Å². The Balaban J connectivity index is 1.74. The molecule has 0 aliphatic heterocycles. The molecule has 1 aromatic carbocycles. The molecule has 2 aromatic rings. The van der Waals surface area contributed by atoms with Crippen molar-refractivity contribution in [3.8, 4) is 0 Å². The molecule has 7 nitrogen and oxygen atoms in total. The monoisotopic (exact) mass is 387 g/mol. The first kappa shape index (κ1) is 18.6. The minimum atomic E-state index is -0.282. The van der Waals surface area contributed by atoms with Crippen LogP contribution in [0.3, 0.4) is 0 Å². The molecular formula is C14H15Cl2N5O2S. The van der Waals surface area contributed by atoms with E-state index in [1.165, 1.54) is 18.0 Å². The number of benzene rings is 1. The number of carbonyl (C=O) groups is 1. The van der Waals surface area contributed by atoms with Gasteiger partial charge in [-0.2, -0.15) is 4.98 Å². The van der Waals surface area contributed by atoms with Crippen LogP contribution in [0.5, 0.6) is 0 Å². The van der Waals surface area contributed by atoms with E-state index < -0.39 is 0 Å². The number of hydrogen-bond acceptors (Lipinski definition) is 6. The van der Waals surface area contributed by atoms with Crippen molar-refractivity contribution in [3.05, 3.63) is 33.8 Å².